The van der Waals surface area contributed by atoms with E-state index in [0.717, 1.165) is 28.1 Å². The number of benzene rings is 1. The molecule has 0 unspecified atom stereocenters. The van der Waals surface area contributed by atoms with E-state index >= 15 is 0 Å². The lowest BCUT2D eigenvalue weighted by Gasteiger charge is -2.29. The number of hydrogen-bond acceptors (Lipinski definition) is 4. The van der Waals surface area contributed by atoms with E-state index in [1.54, 1.807) is 24.7 Å². The van der Waals surface area contributed by atoms with Crippen LogP contribution < -0.4 is 5.32 Å². The predicted octanol–water partition coefficient (Wildman–Crippen LogP) is 4.19. The molecule has 4 rings (SSSR count). The summed E-state index contributed by atoms with van der Waals surface area (Å²) in [4.78, 5) is 27.3. The van der Waals surface area contributed by atoms with Crippen LogP contribution in [-0.2, 0) is 17.8 Å². The Labute approximate surface area is 160 Å². The summed E-state index contributed by atoms with van der Waals surface area (Å²) in [6.45, 7) is 1.27. The van der Waals surface area contributed by atoms with Gasteiger partial charge in [-0.2, -0.15) is 0 Å². The molecule has 0 radical (unpaired) electrons. The highest BCUT2D eigenvalue weighted by molar-refractivity contribution is 7.12. The molecule has 0 spiro atoms. The van der Waals surface area contributed by atoms with Gasteiger partial charge in [0, 0.05) is 30.4 Å². The summed E-state index contributed by atoms with van der Waals surface area (Å²) < 4.78 is 4.97. The molecule has 3 heterocycles. The van der Waals surface area contributed by atoms with Gasteiger partial charge in [0.25, 0.3) is 5.91 Å². The monoisotopic (exact) mass is 378 g/mol. The number of thiophene rings is 1. The fourth-order valence-electron chi connectivity index (χ4n) is 3.09. The van der Waals surface area contributed by atoms with Crippen LogP contribution in [0.5, 0.6) is 0 Å². The van der Waals surface area contributed by atoms with Crippen molar-refractivity contribution in [2.75, 3.05) is 11.9 Å². The van der Waals surface area contributed by atoms with Crippen molar-refractivity contribution in [1.82, 2.24) is 4.90 Å². The third-order valence-electron chi connectivity index (χ3n) is 4.48. The number of anilines is 1. The van der Waals surface area contributed by atoms with Gasteiger partial charge in [-0.3, -0.25) is 9.59 Å². The second-order valence-corrected chi connectivity index (χ2v) is 7.26. The van der Waals surface area contributed by atoms with E-state index in [2.05, 4.69) is 5.32 Å². The molecular weight excluding hydrogens is 360 g/mol. The minimum Gasteiger partial charge on any atom is -0.472 e. The van der Waals surface area contributed by atoms with Gasteiger partial charge >= 0.3 is 0 Å². The molecule has 0 saturated heterocycles. The Morgan fingerprint density at radius 2 is 2.11 bits per heavy atom. The Kier molecular flexibility index (Phi) is 4.89. The number of rotatable bonds is 4. The summed E-state index contributed by atoms with van der Waals surface area (Å²) in [6.07, 6.45) is 7.11. The van der Waals surface area contributed by atoms with Crippen LogP contribution >= 0.6 is 11.3 Å². The van der Waals surface area contributed by atoms with Crippen LogP contribution in [0.15, 0.2) is 64.8 Å². The molecule has 1 N–H and O–H groups in total. The van der Waals surface area contributed by atoms with Gasteiger partial charge in [0.2, 0.25) is 5.91 Å². The summed E-state index contributed by atoms with van der Waals surface area (Å²) in [6, 6.07) is 11.4. The van der Waals surface area contributed by atoms with Gasteiger partial charge < -0.3 is 14.6 Å². The third kappa shape index (κ3) is 4.01. The first-order valence-corrected chi connectivity index (χ1v) is 9.53. The largest absolute Gasteiger partial charge is 0.472 e. The predicted molar refractivity (Wildman–Crippen MR) is 106 cm³/mol. The van der Waals surface area contributed by atoms with E-state index in [1.807, 2.05) is 40.6 Å². The zero-order chi connectivity index (χ0) is 18.6. The molecule has 6 heteroatoms. The molecule has 0 saturated carbocycles. The average Bonchev–Trinajstić information content (AvgIpc) is 3.39. The number of carbonyl (C=O) groups is 2. The fraction of sp³-hybridized carbons (Fsp3) is 0.143. The van der Waals surface area contributed by atoms with Crippen molar-refractivity contribution in [3.05, 3.63) is 81.9 Å². The van der Waals surface area contributed by atoms with Crippen molar-refractivity contribution in [2.45, 2.75) is 13.0 Å². The highest BCUT2D eigenvalue weighted by atomic mass is 32.1. The number of furan rings is 1. The van der Waals surface area contributed by atoms with Crippen LogP contribution in [-0.4, -0.2) is 23.3 Å². The van der Waals surface area contributed by atoms with Gasteiger partial charge in [0.1, 0.15) is 0 Å². The number of amides is 2. The number of hydrogen-bond donors (Lipinski definition) is 1. The Hall–Kier alpha value is -3.12. The minimum absolute atomic E-state index is 0.0631. The molecule has 5 nitrogen and oxygen atoms in total. The van der Waals surface area contributed by atoms with Crippen molar-refractivity contribution in [1.29, 1.82) is 0 Å². The Bertz CT molecular complexity index is 975. The molecule has 0 bridgehead atoms. The lowest BCUT2D eigenvalue weighted by Crippen LogP contribution is -2.35. The maximum Gasteiger partial charge on any atom is 0.264 e. The van der Waals surface area contributed by atoms with Gasteiger partial charge in [-0.25, -0.2) is 0 Å². The van der Waals surface area contributed by atoms with Crippen LogP contribution in [0, 0.1) is 0 Å². The van der Waals surface area contributed by atoms with Crippen molar-refractivity contribution >= 4 is 34.9 Å². The Morgan fingerprint density at radius 1 is 1.19 bits per heavy atom. The van der Waals surface area contributed by atoms with Crippen LogP contribution in [0.3, 0.4) is 0 Å². The molecule has 1 aliphatic rings. The number of nitrogens with one attached hydrogen (secondary N) is 1. The SMILES string of the molecule is O=C(/C=C/c1ccoc1)Nc1ccc2c(c1)CN(C(=O)c1cccs1)CC2. The summed E-state index contributed by atoms with van der Waals surface area (Å²) in [5, 5.41) is 4.78. The Morgan fingerprint density at radius 3 is 2.89 bits per heavy atom. The standard InChI is InChI=1S/C21H18N2O3S/c24-20(6-3-15-8-10-26-14-15)22-18-5-4-16-7-9-23(13-17(16)12-18)21(25)19-2-1-11-27-19/h1-6,8,10-12,14H,7,9,13H2,(H,22,24)/b6-3+. The minimum atomic E-state index is -0.210. The molecule has 27 heavy (non-hydrogen) atoms. The van der Waals surface area contributed by atoms with E-state index in [1.165, 1.54) is 23.0 Å². The van der Waals surface area contributed by atoms with Crippen molar-refractivity contribution in [2.24, 2.45) is 0 Å². The Balaban J connectivity index is 1.44. The molecule has 2 aromatic heterocycles. The van der Waals surface area contributed by atoms with E-state index in [9.17, 15) is 9.59 Å². The van der Waals surface area contributed by atoms with Crippen LogP contribution in [0.4, 0.5) is 5.69 Å². The number of carbonyl (C=O) groups excluding carboxylic acids is 2. The summed E-state index contributed by atoms with van der Waals surface area (Å²) in [5.41, 5.74) is 3.85. The van der Waals surface area contributed by atoms with E-state index < -0.39 is 0 Å². The van der Waals surface area contributed by atoms with Gasteiger partial charge in [0.05, 0.1) is 17.4 Å². The molecule has 0 atom stereocenters. The van der Waals surface area contributed by atoms with Crippen molar-refractivity contribution < 1.29 is 14.0 Å². The van der Waals surface area contributed by atoms with E-state index in [0.29, 0.717) is 13.1 Å². The second-order valence-electron chi connectivity index (χ2n) is 6.32. The maximum absolute atomic E-state index is 12.6. The first-order chi connectivity index (χ1) is 13.2. The fourth-order valence-corrected chi connectivity index (χ4v) is 3.78. The molecule has 0 aliphatic carbocycles. The van der Waals surface area contributed by atoms with Crippen LogP contribution in [0.2, 0.25) is 0 Å². The second kappa shape index (κ2) is 7.63. The van der Waals surface area contributed by atoms with Gasteiger partial charge in [0.15, 0.2) is 0 Å². The number of fused-ring (bicyclic) bond motifs is 1. The molecule has 3 aromatic rings. The lowest BCUT2D eigenvalue weighted by molar-refractivity contribution is -0.111. The van der Waals surface area contributed by atoms with Crippen molar-refractivity contribution in [3.63, 3.8) is 0 Å². The first-order valence-electron chi connectivity index (χ1n) is 8.65. The van der Waals surface area contributed by atoms with Crippen LogP contribution in [0.1, 0.15) is 26.4 Å². The van der Waals surface area contributed by atoms with Gasteiger partial charge in [-0.15, -0.1) is 11.3 Å². The summed E-state index contributed by atoms with van der Waals surface area (Å²) in [5.74, 6) is -0.147. The molecule has 2 amide bonds. The third-order valence-corrected chi connectivity index (χ3v) is 5.33. The van der Waals surface area contributed by atoms with Crippen LogP contribution in [0.25, 0.3) is 6.08 Å². The topological polar surface area (TPSA) is 62.6 Å². The highest BCUT2D eigenvalue weighted by Crippen LogP contribution is 2.25. The summed E-state index contributed by atoms with van der Waals surface area (Å²) >= 11 is 1.46. The van der Waals surface area contributed by atoms with E-state index in [-0.39, 0.29) is 11.8 Å². The average molecular weight is 378 g/mol. The lowest BCUT2D eigenvalue weighted by atomic mass is 9.99. The molecule has 1 aromatic carbocycles. The van der Waals surface area contributed by atoms with Gasteiger partial charge in [-0.1, -0.05) is 12.1 Å². The quantitative estimate of drug-likeness (QED) is 0.693. The van der Waals surface area contributed by atoms with Gasteiger partial charge in [-0.05, 0) is 53.3 Å². The summed E-state index contributed by atoms with van der Waals surface area (Å²) in [7, 11) is 0. The zero-order valence-electron chi connectivity index (χ0n) is 14.6. The molecular formula is C21H18N2O3S. The normalized spacial score (nSPS) is 13.6. The maximum atomic E-state index is 12.6. The smallest absolute Gasteiger partial charge is 0.264 e. The molecule has 1 aliphatic heterocycles. The number of nitrogens with zero attached hydrogens (tertiary/aromatic N) is 1. The molecule has 136 valence electrons. The highest BCUT2D eigenvalue weighted by Gasteiger charge is 2.22. The molecule has 0 fully saturated rings. The first kappa shape index (κ1) is 17.3. The zero-order valence-corrected chi connectivity index (χ0v) is 15.4. The van der Waals surface area contributed by atoms with Crippen molar-refractivity contribution in [3.8, 4) is 0 Å². The van der Waals surface area contributed by atoms with E-state index in [4.69, 9.17) is 4.42 Å².